The lowest BCUT2D eigenvalue weighted by Gasteiger charge is -2.05. The molecule has 0 unspecified atom stereocenters. The molecule has 21 heavy (non-hydrogen) atoms. The number of hydrogen-bond donors (Lipinski definition) is 2. The lowest BCUT2D eigenvalue weighted by atomic mass is 10.1. The minimum absolute atomic E-state index is 0.0333. The van der Waals surface area contributed by atoms with Crippen LogP contribution in [0.25, 0.3) is 10.9 Å². The highest BCUT2D eigenvalue weighted by Crippen LogP contribution is 2.17. The molecular formula is C14H11N3O3S. The van der Waals surface area contributed by atoms with Crippen molar-refractivity contribution in [2.45, 2.75) is 0 Å². The standard InChI is InChI=1S/C14H11N3O3S/c1-20-8-2-3-11-9(6-8)12(18)10(7-16-11)13(19)17-14-15-4-5-21-14/h2-7H,1H3,(H,16,18)(H,15,17,19). The lowest BCUT2D eigenvalue weighted by molar-refractivity contribution is 0.102. The molecule has 1 amide bonds. The van der Waals surface area contributed by atoms with Crippen molar-refractivity contribution in [3.63, 3.8) is 0 Å². The number of aromatic nitrogens is 2. The van der Waals surface area contributed by atoms with Crippen LogP contribution in [0.15, 0.2) is 40.8 Å². The SMILES string of the molecule is COc1ccc2[nH]cc(C(=O)Nc3nccs3)c(=O)c2c1. The molecule has 0 fully saturated rings. The van der Waals surface area contributed by atoms with Gasteiger partial charge in [0.25, 0.3) is 5.91 Å². The minimum atomic E-state index is -0.490. The number of thiazole rings is 1. The average Bonchev–Trinajstić information content (AvgIpc) is 3.00. The van der Waals surface area contributed by atoms with Crippen LogP contribution < -0.4 is 15.5 Å². The Bertz CT molecular complexity index is 856. The molecule has 7 heteroatoms. The third-order valence-corrected chi connectivity index (χ3v) is 3.67. The third-order valence-electron chi connectivity index (χ3n) is 2.99. The molecule has 3 rings (SSSR count). The summed E-state index contributed by atoms with van der Waals surface area (Å²) in [6.45, 7) is 0. The van der Waals surface area contributed by atoms with E-state index in [9.17, 15) is 9.59 Å². The fourth-order valence-electron chi connectivity index (χ4n) is 1.94. The zero-order chi connectivity index (χ0) is 14.8. The third kappa shape index (κ3) is 2.50. The fourth-order valence-corrected chi connectivity index (χ4v) is 2.47. The molecule has 0 aliphatic rings. The maximum atomic E-state index is 12.4. The predicted octanol–water partition coefficient (Wildman–Crippen LogP) is 2.25. The molecular weight excluding hydrogens is 290 g/mol. The monoisotopic (exact) mass is 301 g/mol. The Morgan fingerprint density at radius 2 is 2.29 bits per heavy atom. The molecule has 106 valence electrons. The van der Waals surface area contributed by atoms with Crippen molar-refractivity contribution in [3.05, 3.63) is 51.8 Å². The molecule has 0 saturated carbocycles. The number of nitrogens with zero attached hydrogens (tertiary/aromatic N) is 1. The number of ether oxygens (including phenoxy) is 1. The van der Waals surface area contributed by atoms with Crippen LogP contribution in [0.2, 0.25) is 0 Å². The summed E-state index contributed by atoms with van der Waals surface area (Å²) in [6, 6.07) is 5.08. The second kappa shape index (κ2) is 5.37. The average molecular weight is 301 g/mol. The van der Waals surface area contributed by atoms with E-state index >= 15 is 0 Å². The zero-order valence-corrected chi connectivity index (χ0v) is 11.9. The molecule has 0 spiro atoms. The van der Waals surface area contributed by atoms with Crippen LogP contribution in [0, 0.1) is 0 Å². The van der Waals surface area contributed by atoms with E-state index in [0.717, 1.165) is 0 Å². The summed E-state index contributed by atoms with van der Waals surface area (Å²) in [5.74, 6) is 0.0707. The number of nitrogens with one attached hydrogen (secondary N) is 2. The van der Waals surface area contributed by atoms with Crippen molar-refractivity contribution in [1.82, 2.24) is 9.97 Å². The van der Waals surface area contributed by atoms with Gasteiger partial charge in [0.15, 0.2) is 5.13 Å². The second-order valence-corrected chi connectivity index (χ2v) is 5.13. The summed E-state index contributed by atoms with van der Waals surface area (Å²) in [4.78, 5) is 31.4. The van der Waals surface area contributed by atoms with Crippen molar-refractivity contribution in [3.8, 4) is 5.75 Å². The Kier molecular flexibility index (Phi) is 3.41. The molecule has 2 N–H and O–H groups in total. The van der Waals surface area contributed by atoms with Crippen molar-refractivity contribution in [1.29, 1.82) is 0 Å². The fraction of sp³-hybridized carbons (Fsp3) is 0.0714. The van der Waals surface area contributed by atoms with E-state index in [0.29, 0.717) is 21.8 Å². The highest BCUT2D eigenvalue weighted by Gasteiger charge is 2.14. The summed E-state index contributed by atoms with van der Waals surface area (Å²) in [5.41, 5.74) is 0.328. The first-order chi connectivity index (χ1) is 10.2. The summed E-state index contributed by atoms with van der Waals surface area (Å²) in [6.07, 6.45) is 2.98. The van der Waals surface area contributed by atoms with Crippen LogP contribution in [0.5, 0.6) is 5.75 Å². The second-order valence-electron chi connectivity index (χ2n) is 4.23. The van der Waals surface area contributed by atoms with Crippen LogP contribution in [0.4, 0.5) is 5.13 Å². The maximum Gasteiger partial charge on any atom is 0.262 e. The lowest BCUT2D eigenvalue weighted by Crippen LogP contribution is -2.21. The molecule has 2 heterocycles. The highest BCUT2D eigenvalue weighted by molar-refractivity contribution is 7.13. The van der Waals surface area contributed by atoms with Gasteiger partial charge in [-0.05, 0) is 18.2 Å². The first-order valence-electron chi connectivity index (χ1n) is 6.09. The Labute approximate surface area is 123 Å². The molecule has 1 aromatic carbocycles. The zero-order valence-electron chi connectivity index (χ0n) is 11.0. The van der Waals surface area contributed by atoms with E-state index in [1.54, 1.807) is 29.8 Å². The number of pyridine rings is 1. The number of benzene rings is 1. The number of anilines is 1. The van der Waals surface area contributed by atoms with Gasteiger partial charge in [0.1, 0.15) is 11.3 Å². The number of amides is 1. The van der Waals surface area contributed by atoms with Gasteiger partial charge in [0, 0.05) is 28.7 Å². The van der Waals surface area contributed by atoms with E-state index in [1.807, 2.05) is 0 Å². The normalized spacial score (nSPS) is 10.5. The van der Waals surface area contributed by atoms with Crippen LogP contribution in [-0.4, -0.2) is 23.0 Å². The van der Waals surface area contributed by atoms with E-state index in [1.165, 1.54) is 24.6 Å². The summed E-state index contributed by atoms with van der Waals surface area (Å²) in [5, 5.41) is 5.18. The number of aromatic amines is 1. The molecule has 0 aliphatic heterocycles. The molecule has 0 radical (unpaired) electrons. The molecule has 0 atom stereocenters. The Morgan fingerprint density at radius 1 is 1.43 bits per heavy atom. The van der Waals surface area contributed by atoms with Crippen LogP contribution in [-0.2, 0) is 0 Å². The van der Waals surface area contributed by atoms with Gasteiger partial charge in [0.05, 0.1) is 7.11 Å². The van der Waals surface area contributed by atoms with Crippen molar-refractivity contribution < 1.29 is 9.53 Å². The van der Waals surface area contributed by atoms with Gasteiger partial charge in [-0.25, -0.2) is 4.98 Å². The molecule has 0 bridgehead atoms. The van der Waals surface area contributed by atoms with Crippen LogP contribution in [0.3, 0.4) is 0 Å². The first kappa shape index (κ1) is 13.3. The molecule has 6 nitrogen and oxygen atoms in total. The van der Waals surface area contributed by atoms with Gasteiger partial charge >= 0.3 is 0 Å². The Morgan fingerprint density at radius 3 is 3.00 bits per heavy atom. The maximum absolute atomic E-state index is 12.4. The number of fused-ring (bicyclic) bond motifs is 1. The molecule has 3 aromatic rings. The highest BCUT2D eigenvalue weighted by atomic mass is 32.1. The van der Waals surface area contributed by atoms with Gasteiger partial charge < -0.3 is 9.72 Å². The van der Waals surface area contributed by atoms with E-state index in [-0.39, 0.29) is 11.0 Å². The Balaban J connectivity index is 2.04. The summed E-state index contributed by atoms with van der Waals surface area (Å²) in [7, 11) is 1.52. The van der Waals surface area contributed by atoms with Gasteiger partial charge in [0.2, 0.25) is 5.43 Å². The smallest absolute Gasteiger partial charge is 0.262 e. The van der Waals surface area contributed by atoms with Crippen LogP contribution >= 0.6 is 11.3 Å². The molecule has 0 aliphatic carbocycles. The molecule has 2 aromatic heterocycles. The number of methoxy groups -OCH3 is 1. The number of carbonyl (C=O) groups excluding carboxylic acids is 1. The van der Waals surface area contributed by atoms with E-state index in [4.69, 9.17) is 4.74 Å². The molecule has 0 saturated heterocycles. The van der Waals surface area contributed by atoms with Gasteiger partial charge in [-0.2, -0.15) is 0 Å². The van der Waals surface area contributed by atoms with Crippen molar-refractivity contribution >= 4 is 33.3 Å². The topological polar surface area (TPSA) is 84.1 Å². The quantitative estimate of drug-likeness (QED) is 0.777. The van der Waals surface area contributed by atoms with Gasteiger partial charge in [-0.15, -0.1) is 11.3 Å². The predicted molar refractivity (Wildman–Crippen MR) is 81.2 cm³/mol. The summed E-state index contributed by atoms with van der Waals surface area (Å²) >= 11 is 1.29. The van der Waals surface area contributed by atoms with Gasteiger partial charge in [-0.3, -0.25) is 14.9 Å². The number of hydrogen-bond acceptors (Lipinski definition) is 5. The first-order valence-corrected chi connectivity index (χ1v) is 6.97. The largest absolute Gasteiger partial charge is 0.497 e. The van der Waals surface area contributed by atoms with E-state index in [2.05, 4.69) is 15.3 Å². The number of carbonyl (C=O) groups is 1. The van der Waals surface area contributed by atoms with Crippen molar-refractivity contribution in [2.75, 3.05) is 12.4 Å². The van der Waals surface area contributed by atoms with Gasteiger partial charge in [-0.1, -0.05) is 0 Å². The van der Waals surface area contributed by atoms with Crippen LogP contribution in [0.1, 0.15) is 10.4 Å². The number of H-pyrrole nitrogens is 1. The van der Waals surface area contributed by atoms with Crippen molar-refractivity contribution in [2.24, 2.45) is 0 Å². The minimum Gasteiger partial charge on any atom is -0.497 e. The Hall–Kier alpha value is -2.67. The number of rotatable bonds is 3. The van der Waals surface area contributed by atoms with E-state index < -0.39 is 5.91 Å². The summed E-state index contributed by atoms with van der Waals surface area (Å²) < 4.78 is 5.10.